The fourth-order valence-electron chi connectivity index (χ4n) is 2.77. The summed E-state index contributed by atoms with van der Waals surface area (Å²) in [6.07, 6.45) is 5.78. The normalized spacial score (nSPS) is 18.4. The first kappa shape index (κ1) is 13.2. The number of ether oxygens (including phenoxy) is 2. The van der Waals surface area contributed by atoms with Gasteiger partial charge >= 0.3 is 0 Å². The Hall–Kier alpha value is -1.22. The van der Waals surface area contributed by atoms with Gasteiger partial charge in [-0.3, -0.25) is 0 Å². The molecule has 0 amide bonds. The average Bonchev–Trinajstić information content (AvgIpc) is 2.39. The van der Waals surface area contributed by atoms with Gasteiger partial charge < -0.3 is 15.2 Å². The van der Waals surface area contributed by atoms with Crippen LogP contribution in [0.15, 0.2) is 18.2 Å². The molecule has 1 fully saturated rings. The molecule has 0 heterocycles. The highest BCUT2D eigenvalue weighted by molar-refractivity contribution is 5.44. The predicted octanol–water partition coefficient (Wildman–Crippen LogP) is 3.21. The molecule has 0 saturated heterocycles. The summed E-state index contributed by atoms with van der Waals surface area (Å²) in [6.45, 7) is 2.64. The van der Waals surface area contributed by atoms with Crippen LogP contribution in [0.3, 0.4) is 0 Å². The number of hydrogen-bond donors (Lipinski definition) is 1. The zero-order valence-electron chi connectivity index (χ0n) is 11.4. The van der Waals surface area contributed by atoms with Crippen LogP contribution < -0.4 is 15.2 Å². The standard InChI is InChI=1S/C15H23NO2/c1-3-18-14-11-12(17-2)7-8-13(14)15(16)9-5-4-6-10-15/h7-8,11H,3-6,9-10,16H2,1-2H3. The van der Waals surface area contributed by atoms with E-state index in [1.165, 1.54) is 19.3 Å². The van der Waals surface area contributed by atoms with Crippen molar-refractivity contribution in [3.05, 3.63) is 23.8 Å². The largest absolute Gasteiger partial charge is 0.497 e. The molecule has 3 nitrogen and oxygen atoms in total. The van der Waals surface area contributed by atoms with E-state index in [9.17, 15) is 0 Å². The smallest absolute Gasteiger partial charge is 0.128 e. The van der Waals surface area contributed by atoms with Crippen LogP contribution in [-0.2, 0) is 5.54 Å². The van der Waals surface area contributed by atoms with E-state index in [0.29, 0.717) is 6.61 Å². The Balaban J connectivity index is 2.35. The Bertz CT molecular complexity index is 397. The first-order valence-corrected chi connectivity index (χ1v) is 6.80. The lowest BCUT2D eigenvalue weighted by molar-refractivity contribution is 0.276. The summed E-state index contributed by atoms with van der Waals surface area (Å²) < 4.78 is 11.0. The Morgan fingerprint density at radius 3 is 2.56 bits per heavy atom. The van der Waals surface area contributed by atoms with E-state index in [-0.39, 0.29) is 5.54 Å². The maximum Gasteiger partial charge on any atom is 0.128 e. The number of nitrogens with two attached hydrogens (primary N) is 1. The van der Waals surface area contributed by atoms with Crippen molar-refractivity contribution in [2.45, 2.75) is 44.6 Å². The molecular formula is C15H23NO2. The van der Waals surface area contributed by atoms with Crippen LogP contribution in [0.2, 0.25) is 0 Å². The SMILES string of the molecule is CCOc1cc(OC)ccc1C1(N)CCCCC1. The highest BCUT2D eigenvalue weighted by Gasteiger charge is 2.32. The molecule has 1 aromatic rings. The Kier molecular flexibility index (Phi) is 4.12. The molecule has 2 rings (SSSR count). The molecular weight excluding hydrogens is 226 g/mol. The highest BCUT2D eigenvalue weighted by Crippen LogP contribution is 2.40. The first-order valence-electron chi connectivity index (χ1n) is 6.80. The van der Waals surface area contributed by atoms with Gasteiger partial charge in [-0.05, 0) is 31.9 Å². The van der Waals surface area contributed by atoms with Gasteiger partial charge in [-0.2, -0.15) is 0 Å². The summed E-state index contributed by atoms with van der Waals surface area (Å²) in [5.74, 6) is 1.70. The summed E-state index contributed by atoms with van der Waals surface area (Å²) in [5.41, 5.74) is 7.48. The van der Waals surface area contributed by atoms with Crippen molar-refractivity contribution in [1.82, 2.24) is 0 Å². The Morgan fingerprint density at radius 1 is 1.22 bits per heavy atom. The summed E-state index contributed by atoms with van der Waals surface area (Å²) in [4.78, 5) is 0. The van der Waals surface area contributed by atoms with Crippen molar-refractivity contribution in [3.8, 4) is 11.5 Å². The van der Waals surface area contributed by atoms with Crippen molar-refractivity contribution < 1.29 is 9.47 Å². The van der Waals surface area contributed by atoms with Crippen molar-refractivity contribution >= 4 is 0 Å². The molecule has 0 atom stereocenters. The molecule has 0 bridgehead atoms. The van der Waals surface area contributed by atoms with E-state index >= 15 is 0 Å². The molecule has 0 radical (unpaired) electrons. The summed E-state index contributed by atoms with van der Waals surface area (Å²) in [5, 5.41) is 0. The minimum absolute atomic E-state index is 0.227. The molecule has 100 valence electrons. The molecule has 3 heteroatoms. The molecule has 1 aromatic carbocycles. The number of rotatable bonds is 4. The average molecular weight is 249 g/mol. The van der Waals surface area contributed by atoms with E-state index in [0.717, 1.165) is 29.9 Å². The van der Waals surface area contributed by atoms with E-state index in [2.05, 4.69) is 6.07 Å². The third-order valence-electron chi connectivity index (χ3n) is 3.77. The maximum atomic E-state index is 6.58. The molecule has 0 unspecified atom stereocenters. The third-order valence-corrected chi connectivity index (χ3v) is 3.77. The topological polar surface area (TPSA) is 44.5 Å². The molecule has 18 heavy (non-hydrogen) atoms. The summed E-state index contributed by atoms with van der Waals surface area (Å²) in [7, 11) is 1.67. The van der Waals surface area contributed by atoms with Gasteiger partial charge in [-0.1, -0.05) is 19.3 Å². The molecule has 1 aliphatic carbocycles. The number of benzene rings is 1. The van der Waals surface area contributed by atoms with E-state index in [1.807, 2.05) is 19.1 Å². The number of hydrogen-bond acceptors (Lipinski definition) is 3. The lowest BCUT2D eigenvalue weighted by Gasteiger charge is -2.35. The minimum Gasteiger partial charge on any atom is -0.497 e. The van der Waals surface area contributed by atoms with E-state index in [4.69, 9.17) is 15.2 Å². The second-order valence-corrected chi connectivity index (χ2v) is 5.01. The molecule has 2 N–H and O–H groups in total. The molecule has 0 aliphatic heterocycles. The lowest BCUT2D eigenvalue weighted by atomic mass is 9.77. The second kappa shape index (κ2) is 5.61. The zero-order valence-corrected chi connectivity index (χ0v) is 11.4. The van der Waals surface area contributed by atoms with Crippen LogP contribution in [0.5, 0.6) is 11.5 Å². The summed E-state index contributed by atoms with van der Waals surface area (Å²) >= 11 is 0. The Morgan fingerprint density at radius 2 is 1.94 bits per heavy atom. The van der Waals surface area contributed by atoms with Crippen LogP contribution in [-0.4, -0.2) is 13.7 Å². The van der Waals surface area contributed by atoms with Gasteiger partial charge in [0.05, 0.1) is 13.7 Å². The van der Waals surface area contributed by atoms with Crippen LogP contribution in [0, 0.1) is 0 Å². The van der Waals surface area contributed by atoms with Gasteiger partial charge in [-0.15, -0.1) is 0 Å². The van der Waals surface area contributed by atoms with Crippen LogP contribution in [0.4, 0.5) is 0 Å². The van der Waals surface area contributed by atoms with Crippen molar-refractivity contribution in [1.29, 1.82) is 0 Å². The van der Waals surface area contributed by atoms with Crippen molar-refractivity contribution in [3.63, 3.8) is 0 Å². The summed E-state index contributed by atoms with van der Waals surface area (Å²) in [6, 6.07) is 5.98. The van der Waals surface area contributed by atoms with Crippen LogP contribution in [0.25, 0.3) is 0 Å². The number of methoxy groups -OCH3 is 1. The fraction of sp³-hybridized carbons (Fsp3) is 0.600. The minimum atomic E-state index is -0.227. The maximum absolute atomic E-state index is 6.58. The lowest BCUT2D eigenvalue weighted by Crippen LogP contribution is -2.39. The van der Waals surface area contributed by atoms with Gasteiger partial charge in [0.2, 0.25) is 0 Å². The molecule has 1 saturated carbocycles. The quantitative estimate of drug-likeness (QED) is 0.891. The first-order chi connectivity index (χ1) is 8.69. The van der Waals surface area contributed by atoms with Gasteiger partial charge in [0.15, 0.2) is 0 Å². The van der Waals surface area contributed by atoms with Crippen LogP contribution >= 0.6 is 0 Å². The third kappa shape index (κ3) is 2.61. The monoisotopic (exact) mass is 249 g/mol. The Labute approximate surface area is 109 Å². The zero-order chi connectivity index (χ0) is 13.0. The molecule has 0 spiro atoms. The molecule has 0 aromatic heterocycles. The van der Waals surface area contributed by atoms with E-state index in [1.54, 1.807) is 7.11 Å². The fourth-order valence-corrected chi connectivity index (χ4v) is 2.77. The predicted molar refractivity (Wildman–Crippen MR) is 73.1 cm³/mol. The van der Waals surface area contributed by atoms with Crippen molar-refractivity contribution in [2.24, 2.45) is 5.73 Å². The van der Waals surface area contributed by atoms with Crippen molar-refractivity contribution in [2.75, 3.05) is 13.7 Å². The van der Waals surface area contributed by atoms with Crippen LogP contribution in [0.1, 0.15) is 44.6 Å². The van der Waals surface area contributed by atoms with Gasteiger partial charge in [0, 0.05) is 17.2 Å². The van der Waals surface area contributed by atoms with Gasteiger partial charge in [0.1, 0.15) is 11.5 Å². The van der Waals surface area contributed by atoms with Gasteiger partial charge in [0.25, 0.3) is 0 Å². The molecule has 1 aliphatic rings. The second-order valence-electron chi connectivity index (χ2n) is 5.01. The van der Waals surface area contributed by atoms with E-state index < -0.39 is 0 Å². The highest BCUT2D eigenvalue weighted by atomic mass is 16.5. The van der Waals surface area contributed by atoms with Gasteiger partial charge in [-0.25, -0.2) is 0 Å².